The van der Waals surface area contributed by atoms with Crippen molar-refractivity contribution in [3.8, 4) is 0 Å². The highest BCUT2D eigenvalue weighted by Gasteiger charge is 2.22. The molecule has 15 heavy (non-hydrogen) atoms. The standard InChI is InChI=1S/C13H25NS/c1-5-7-8-9-10-13(3,4)12(11-14)15-6-2/h6,11H,2,5,7-10,14H2,1,3-4H3/b12-11-. The summed E-state index contributed by atoms with van der Waals surface area (Å²) in [4.78, 5) is 1.23. The molecule has 0 aliphatic carbocycles. The van der Waals surface area contributed by atoms with E-state index in [4.69, 9.17) is 5.73 Å². The van der Waals surface area contributed by atoms with Crippen molar-refractivity contribution >= 4 is 11.8 Å². The fourth-order valence-corrected chi connectivity index (χ4v) is 2.31. The first-order valence-corrected chi connectivity index (χ1v) is 6.66. The summed E-state index contributed by atoms with van der Waals surface area (Å²) in [6, 6.07) is 0. The molecule has 0 radical (unpaired) electrons. The van der Waals surface area contributed by atoms with Gasteiger partial charge in [-0.05, 0) is 17.2 Å². The summed E-state index contributed by atoms with van der Waals surface area (Å²) in [6.07, 6.45) is 8.18. The summed E-state index contributed by atoms with van der Waals surface area (Å²) >= 11 is 1.65. The number of unbranched alkanes of at least 4 members (excludes halogenated alkanes) is 3. The van der Waals surface area contributed by atoms with Crippen LogP contribution in [0.1, 0.15) is 52.9 Å². The average molecular weight is 227 g/mol. The molecule has 88 valence electrons. The molecule has 0 unspecified atom stereocenters. The third-order valence-electron chi connectivity index (χ3n) is 2.68. The number of rotatable bonds is 8. The van der Waals surface area contributed by atoms with Crippen molar-refractivity contribution in [2.45, 2.75) is 52.9 Å². The molecule has 0 aromatic heterocycles. The summed E-state index contributed by atoms with van der Waals surface area (Å²) in [6.45, 7) is 10.5. The van der Waals surface area contributed by atoms with E-state index < -0.39 is 0 Å². The number of hydrogen-bond acceptors (Lipinski definition) is 2. The highest BCUT2D eigenvalue weighted by molar-refractivity contribution is 8.05. The van der Waals surface area contributed by atoms with Crippen molar-refractivity contribution < 1.29 is 0 Å². The molecular formula is C13H25NS. The van der Waals surface area contributed by atoms with Crippen LogP contribution in [0, 0.1) is 5.41 Å². The SMILES string of the molecule is C=CS/C(=C\N)C(C)(C)CCCCCC. The van der Waals surface area contributed by atoms with E-state index in [-0.39, 0.29) is 5.41 Å². The Morgan fingerprint density at radius 1 is 1.33 bits per heavy atom. The molecule has 0 fully saturated rings. The molecule has 2 N–H and O–H groups in total. The molecule has 0 aliphatic heterocycles. The van der Waals surface area contributed by atoms with Crippen LogP contribution in [-0.2, 0) is 0 Å². The maximum Gasteiger partial charge on any atom is 0.0102 e. The fraction of sp³-hybridized carbons (Fsp3) is 0.692. The normalized spacial score (nSPS) is 12.9. The lowest BCUT2D eigenvalue weighted by Gasteiger charge is -2.26. The molecule has 0 bridgehead atoms. The molecule has 0 saturated carbocycles. The molecule has 0 aromatic rings. The zero-order valence-electron chi connectivity index (χ0n) is 10.4. The molecule has 0 rings (SSSR count). The van der Waals surface area contributed by atoms with Gasteiger partial charge >= 0.3 is 0 Å². The van der Waals surface area contributed by atoms with Crippen LogP contribution in [0.25, 0.3) is 0 Å². The number of hydrogen-bond donors (Lipinski definition) is 1. The van der Waals surface area contributed by atoms with E-state index in [9.17, 15) is 0 Å². The Balaban J connectivity index is 4.08. The molecule has 0 amide bonds. The van der Waals surface area contributed by atoms with Crippen LogP contribution in [0.15, 0.2) is 23.1 Å². The van der Waals surface area contributed by atoms with Gasteiger partial charge in [0.05, 0.1) is 0 Å². The van der Waals surface area contributed by atoms with Gasteiger partial charge in [0, 0.05) is 11.1 Å². The van der Waals surface area contributed by atoms with Gasteiger partial charge in [-0.1, -0.05) is 53.0 Å². The zero-order valence-corrected chi connectivity index (χ0v) is 11.2. The highest BCUT2D eigenvalue weighted by Crippen LogP contribution is 2.39. The van der Waals surface area contributed by atoms with Gasteiger partial charge < -0.3 is 5.73 Å². The van der Waals surface area contributed by atoms with Gasteiger partial charge in [0.1, 0.15) is 0 Å². The number of nitrogens with two attached hydrogens (primary N) is 1. The minimum atomic E-state index is 0.196. The topological polar surface area (TPSA) is 26.0 Å². The lowest BCUT2D eigenvalue weighted by molar-refractivity contribution is 0.402. The van der Waals surface area contributed by atoms with E-state index in [0.717, 1.165) is 0 Å². The van der Waals surface area contributed by atoms with Gasteiger partial charge in [-0.15, -0.1) is 11.8 Å². The van der Waals surface area contributed by atoms with Crippen molar-refractivity contribution in [3.05, 3.63) is 23.1 Å². The Kier molecular flexibility index (Phi) is 7.67. The maximum absolute atomic E-state index is 5.64. The Labute approximate surface area is 99.2 Å². The molecule has 0 spiro atoms. The van der Waals surface area contributed by atoms with Crippen LogP contribution in [-0.4, -0.2) is 0 Å². The summed E-state index contributed by atoms with van der Waals surface area (Å²) in [5, 5.41) is 1.85. The number of thioether (sulfide) groups is 1. The molecule has 2 heteroatoms. The van der Waals surface area contributed by atoms with E-state index in [1.165, 1.54) is 37.0 Å². The quantitative estimate of drug-likeness (QED) is 0.610. The largest absolute Gasteiger partial charge is 0.404 e. The van der Waals surface area contributed by atoms with Crippen molar-refractivity contribution in [2.75, 3.05) is 0 Å². The maximum atomic E-state index is 5.64. The van der Waals surface area contributed by atoms with E-state index in [0.29, 0.717) is 0 Å². The van der Waals surface area contributed by atoms with Gasteiger partial charge in [-0.25, -0.2) is 0 Å². The van der Waals surface area contributed by atoms with Crippen molar-refractivity contribution in [3.63, 3.8) is 0 Å². The average Bonchev–Trinajstić information content (AvgIpc) is 2.20. The van der Waals surface area contributed by atoms with Gasteiger partial charge in [0.25, 0.3) is 0 Å². The van der Waals surface area contributed by atoms with Crippen molar-refractivity contribution in [2.24, 2.45) is 11.1 Å². The minimum Gasteiger partial charge on any atom is -0.404 e. The van der Waals surface area contributed by atoms with Gasteiger partial charge in [-0.2, -0.15) is 0 Å². The Morgan fingerprint density at radius 2 is 2.00 bits per heavy atom. The van der Waals surface area contributed by atoms with E-state index in [1.54, 1.807) is 18.0 Å². The number of allylic oxidation sites excluding steroid dienone is 1. The summed E-state index contributed by atoms with van der Waals surface area (Å²) in [5.41, 5.74) is 5.84. The van der Waals surface area contributed by atoms with Gasteiger partial charge in [-0.3, -0.25) is 0 Å². The van der Waals surface area contributed by atoms with Crippen LogP contribution in [0.2, 0.25) is 0 Å². The minimum absolute atomic E-state index is 0.196. The van der Waals surface area contributed by atoms with Crippen LogP contribution < -0.4 is 5.73 Å². The molecule has 0 aromatic carbocycles. The lowest BCUT2D eigenvalue weighted by Crippen LogP contribution is -2.13. The third-order valence-corrected chi connectivity index (χ3v) is 3.79. The van der Waals surface area contributed by atoms with E-state index in [1.807, 2.05) is 5.41 Å². The summed E-state index contributed by atoms with van der Waals surface area (Å²) < 4.78 is 0. The second-order valence-electron chi connectivity index (χ2n) is 4.51. The van der Waals surface area contributed by atoms with Crippen LogP contribution >= 0.6 is 11.8 Å². The molecule has 0 heterocycles. The van der Waals surface area contributed by atoms with Crippen molar-refractivity contribution in [1.29, 1.82) is 0 Å². The summed E-state index contributed by atoms with van der Waals surface area (Å²) in [7, 11) is 0. The van der Waals surface area contributed by atoms with Crippen LogP contribution in [0.3, 0.4) is 0 Å². The fourth-order valence-electron chi connectivity index (χ4n) is 1.63. The second kappa shape index (κ2) is 7.86. The van der Waals surface area contributed by atoms with Crippen LogP contribution in [0.4, 0.5) is 0 Å². The summed E-state index contributed by atoms with van der Waals surface area (Å²) in [5.74, 6) is 0. The second-order valence-corrected chi connectivity index (χ2v) is 5.52. The Morgan fingerprint density at radius 3 is 2.47 bits per heavy atom. The smallest absolute Gasteiger partial charge is 0.0102 e. The molecule has 0 saturated heterocycles. The molecule has 1 nitrogen and oxygen atoms in total. The first kappa shape index (κ1) is 14.6. The molecule has 0 aliphatic rings. The van der Waals surface area contributed by atoms with Crippen molar-refractivity contribution in [1.82, 2.24) is 0 Å². The highest BCUT2D eigenvalue weighted by atomic mass is 32.2. The zero-order chi connectivity index (χ0) is 11.7. The first-order chi connectivity index (χ1) is 7.08. The van der Waals surface area contributed by atoms with Crippen LogP contribution in [0.5, 0.6) is 0 Å². The predicted molar refractivity (Wildman–Crippen MR) is 72.6 cm³/mol. The molecular weight excluding hydrogens is 202 g/mol. The van der Waals surface area contributed by atoms with Gasteiger partial charge in [0.2, 0.25) is 0 Å². The Hall–Kier alpha value is -0.370. The third kappa shape index (κ3) is 5.93. The first-order valence-electron chi connectivity index (χ1n) is 5.78. The predicted octanol–water partition coefficient (Wildman–Crippen LogP) is 4.66. The monoisotopic (exact) mass is 227 g/mol. The van der Waals surface area contributed by atoms with Gasteiger partial charge in [0.15, 0.2) is 0 Å². The lowest BCUT2D eigenvalue weighted by atomic mass is 9.86. The van der Waals surface area contributed by atoms with E-state index in [2.05, 4.69) is 27.4 Å². The van der Waals surface area contributed by atoms with E-state index >= 15 is 0 Å². The Bertz CT molecular complexity index is 207. The molecule has 0 atom stereocenters.